The standard InChI is InChI=1S/C12H20N2S/c1-12(10-13,11-6-5-9-15-11)14-7-3-2-4-8-14/h5-6,9H,2-4,7-8,10,13H2,1H3. The lowest BCUT2D eigenvalue weighted by molar-refractivity contribution is 0.0884. The highest BCUT2D eigenvalue weighted by molar-refractivity contribution is 7.10. The monoisotopic (exact) mass is 224 g/mol. The quantitative estimate of drug-likeness (QED) is 0.854. The van der Waals surface area contributed by atoms with Gasteiger partial charge in [0.2, 0.25) is 0 Å². The Morgan fingerprint density at radius 2 is 2.13 bits per heavy atom. The number of thiophene rings is 1. The van der Waals surface area contributed by atoms with Crippen molar-refractivity contribution in [2.24, 2.45) is 5.73 Å². The third-order valence-corrected chi connectivity index (χ3v) is 4.63. The Balaban J connectivity index is 2.20. The van der Waals surface area contributed by atoms with Gasteiger partial charge >= 0.3 is 0 Å². The van der Waals surface area contributed by atoms with Crippen LogP contribution in [-0.4, -0.2) is 24.5 Å². The fourth-order valence-corrected chi connectivity index (χ4v) is 3.29. The molecule has 1 unspecified atom stereocenters. The third kappa shape index (κ3) is 2.10. The van der Waals surface area contributed by atoms with Crippen LogP contribution in [0.25, 0.3) is 0 Å². The lowest BCUT2D eigenvalue weighted by Crippen LogP contribution is -2.50. The van der Waals surface area contributed by atoms with Gasteiger partial charge in [-0.05, 0) is 44.3 Å². The number of hydrogen-bond donors (Lipinski definition) is 1. The molecule has 1 atom stereocenters. The van der Waals surface area contributed by atoms with Gasteiger partial charge in [-0.25, -0.2) is 0 Å². The van der Waals surface area contributed by atoms with Gasteiger partial charge in [0.1, 0.15) is 0 Å². The van der Waals surface area contributed by atoms with Crippen molar-refractivity contribution in [3.8, 4) is 0 Å². The van der Waals surface area contributed by atoms with Crippen LogP contribution in [0.3, 0.4) is 0 Å². The molecule has 0 aliphatic carbocycles. The Morgan fingerprint density at radius 1 is 1.40 bits per heavy atom. The molecule has 2 N–H and O–H groups in total. The summed E-state index contributed by atoms with van der Waals surface area (Å²) in [5.41, 5.74) is 6.06. The van der Waals surface area contributed by atoms with Crippen LogP contribution in [0, 0.1) is 0 Å². The van der Waals surface area contributed by atoms with E-state index < -0.39 is 0 Å². The largest absolute Gasteiger partial charge is 0.328 e. The average molecular weight is 224 g/mol. The van der Waals surface area contributed by atoms with E-state index in [9.17, 15) is 0 Å². The van der Waals surface area contributed by atoms with Crippen LogP contribution in [-0.2, 0) is 5.54 Å². The summed E-state index contributed by atoms with van der Waals surface area (Å²) < 4.78 is 0. The molecule has 3 heteroatoms. The second-order valence-electron chi connectivity index (χ2n) is 4.50. The number of rotatable bonds is 3. The van der Waals surface area contributed by atoms with Crippen molar-refractivity contribution in [2.75, 3.05) is 19.6 Å². The van der Waals surface area contributed by atoms with Crippen LogP contribution < -0.4 is 5.73 Å². The number of nitrogens with zero attached hydrogens (tertiary/aromatic N) is 1. The van der Waals surface area contributed by atoms with Crippen molar-refractivity contribution < 1.29 is 0 Å². The fourth-order valence-electron chi connectivity index (χ4n) is 2.36. The summed E-state index contributed by atoms with van der Waals surface area (Å²) in [7, 11) is 0. The van der Waals surface area contributed by atoms with Gasteiger partial charge < -0.3 is 5.73 Å². The fraction of sp³-hybridized carbons (Fsp3) is 0.667. The summed E-state index contributed by atoms with van der Waals surface area (Å²) in [5.74, 6) is 0. The molecule has 15 heavy (non-hydrogen) atoms. The molecule has 1 aromatic heterocycles. The van der Waals surface area contributed by atoms with Crippen molar-refractivity contribution >= 4 is 11.3 Å². The minimum Gasteiger partial charge on any atom is -0.328 e. The molecule has 1 saturated heterocycles. The first-order valence-electron chi connectivity index (χ1n) is 5.76. The maximum atomic E-state index is 5.99. The molecule has 0 saturated carbocycles. The van der Waals surface area contributed by atoms with E-state index in [2.05, 4.69) is 29.3 Å². The molecule has 1 fully saturated rings. The van der Waals surface area contributed by atoms with Crippen LogP contribution in [0.2, 0.25) is 0 Å². The minimum atomic E-state index is 0.0641. The Bertz CT molecular complexity index is 291. The normalized spacial score (nSPS) is 22.5. The third-order valence-electron chi connectivity index (χ3n) is 3.50. The number of hydrogen-bond acceptors (Lipinski definition) is 3. The molecular weight excluding hydrogens is 204 g/mol. The van der Waals surface area contributed by atoms with Crippen LogP contribution in [0.15, 0.2) is 17.5 Å². The van der Waals surface area contributed by atoms with Crippen molar-refractivity contribution in [2.45, 2.75) is 31.7 Å². The van der Waals surface area contributed by atoms with Crippen molar-refractivity contribution in [1.29, 1.82) is 0 Å². The van der Waals surface area contributed by atoms with Gasteiger partial charge in [-0.3, -0.25) is 4.90 Å². The molecule has 2 heterocycles. The van der Waals surface area contributed by atoms with Crippen LogP contribution in [0.4, 0.5) is 0 Å². The van der Waals surface area contributed by atoms with E-state index in [1.54, 1.807) is 0 Å². The topological polar surface area (TPSA) is 29.3 Å². The Labute approximate surface area is 96.1 Å². The van der Waals surface area contributed by atoms with Gasteiger partial charge in [-0.15, -0.1) is 11.3 Å². The zero-order valence-corrected chi connectivity index (χ0v) is 10.2. The summed E-state index contributed by atoms with van der Waals surface area (Å²) in [6.45, 7) is 5.40. The number of nitrogens with two attached hydrogens (primary N) is 1. The first-order valence-corrected chi connectivity index (χ1v) is 6.64. The lowest BCUT2D eigenvalue weighted by Gasteiger charge is -2.42. The van der Waals surface area contributed by atoms with Gasteiger partial charge in [0.05, 0.1) is 5.54 Å². The van der Waals surface area contributed by atoms with E-state index in [4.69, 9.17) is 5.73 Å². The Hall–Kier alpha value is -0.380. The van der Waals surface area contributed by atoms with Crippen LogP contribution in [0.5, 0.6) is 0 Å². The first kappa shape index (κ1) is 11.1. The van der Waals surface area contributed by atoms with Crippen molar-refractivity contribution in [1.82, 2.24) is 4.90 Å². The van der Waals surface area contributed by atoms with Crippen molar-refractivity contribution in [3.05, 3.63) is 22.4 Å². The van der Waals surface area contributed by atoms with Crippen LogP contribution in [0.1, 0.15) is 31.1 Å². The van der Waals surface area contributed by atoms with Gasteiger partial charge in [0.15, 0.2) is 0 Å². The predicted octanol–water partition coefficient (Wildman–Crippen LogP) is 2.41. The molecule has 84 valence electrons. The smallest absolute Gasteiger partial charge is 0.0648 e. The Kier molecular flexibility index (Phi) is 3.44. The van der Waals surface area contributed by atoms with E-state index in [0.717, 1.165) is 0 Å². The second-order valence-corrected chi connectivity index (χ2v) is 5.45. The molecule has 2 nitrogen and oxygen atoms in total. The highest BCUT2D eigenvalue weighted by atomic mass is 32.1. The SMILES string of the molecule is CC(CN)(c1cccs1)N1CCCCC1. The second kappa shape index (κ2) is 4.64. The minimum absolute atomic E-state index is 0.0641. The summed E-state index contributed by atoms with van der Waals surface area (Å²) >= 11 is 1.83. The molecule has 0 radical (unpaired) electrons. The van der Waals surface area contributed by atoms with Crippen LogP contribution >= 0.6 is 11.3 Å². The summed E-state index contributed by atoms with van der Waals surface area (Å²) in [4.78, 5) is 3.97. The molecule has 1 aromatic rings. The molecule has 0 amide bonds. The van der Waals surface area contributed by atoms with Gasteiger partial charge in [0, 0.05) is 11.4 Å². The van der Waals surface area contributed by atoms with E-state index >= 15 is 0 Å². The molecule has 1 aliphatic heterocycles. The molecule has 0 aromatic carbocycles. The highest BCUT2D eigenvalue weighted by Gasteiger charge is 2.33. The zero-order valence-electron chi connectivity index (χ0n) is 9.41. The summed E-state index contributed by atoms with van der Waals surface area (Å²) in [5, 5.41) is 2.15. The molecule has 0 spiro atoms. The Morgan fingerprint density at radius 3 is 2.67 bits per heavy atom. The summed E-state index contributed by atoms with van der Waals surface area (Å²) in [6.07, 6.45) is 4.02. The highest BCUT2D eigenvalue weighted by Crippen LogP contribution is 2.32. The molecule has 2 rings (SSSR count). The molecule has 0 bridgehead atoms. The number of likely N-dealkylation sites (tertiary alicyclic amines) is 1. The summed E-state index contributed by atoms with van der Waals surface area (Å²) in [6, 6.07) is 4.34. The molecular formula is C12H20N2S. The molecule has 1 aliphatic rings. The lowest BCUT2D eigenvalue weighted by atomic mass is 9.94. The van der Waals surface area contributed by atoms with Crippen molar-refractivity contribution in [3.63, 3.8) is 0 Å². The average Bonchev–Trinajstić information content (AvgIpc) is 2.83. The number of piperidine rings is 1. The zero-order chi connectivity index (χ0) is 10.7. The predicted molar refractivity (Wildman–Crippen MR) is 66.1 cm³/mol. The maximum absolute atomic E-state index is 5.99. The van der Waals surface area contributed by atoms with Gasteiger partial charge in [-0.1, -0.05) is 12.5 Å². The first-order chi connectivity index (χ1) is 7.27. The van der Waals surface area contributed by atoms with Gasteiger partial charge in [0.25, 0.3) is 0 Å². The van der Waals surface area contributed by atoms with E-state index in [1.807, 2.05) is 11.3 Å². The maximum Gasteiger partial charge on any atom is 0.0648 e. The van der Waals surface area contributed by atoms with E-state index in [-0.39, 0.29) is 5.54 Å². The van der Waals surface area contributed by atoms with Gasteiger partial charge in [-0.2, -0.15) is 0 Å². The van der Waals surface area contributed by atoms with E-state index in [0.29, 0.717) is 6.54 Å². The van der Waals surface area contributed by atoms with E-state index in [1.165, 1.54) is 37.2 Å².